The van der Waals surface area contributed by atoms with Crippen LogP contribution in [0.25, 0.3) is 21.8 Å². The van der Waals surface area contributed by atoms with Gasteiger partial charge in [-0.3, -0.25) is 9.79 Å². The second-order valence-corrected chi connectivity index (χ2v) is 9.69. The molecule has 7 nitrogen and oxygen atoms in total. The highest BCUT2D eigenvalue weighted by Gasteiger charge is 2.16. The number of aromatic nitrogens is 2. The number of aromatic amines is 2. The molecule has 0 atom stereocenters. The van der Waals surface area contributed by atoms with E-state index in [1.807, 2.05) is 44.3 Å². The van der Waals surface area contributed by atoms with E-state index in [0.717, 1.165) is 34.9 Å². The van der Waals surface area contributed by atoms with Crippen LogP contribution in [0.1, 0.15) is 26.8 Å². The van der Waals surface area contributed by atoms with Crippen molar-refractivity contribution >= 4 is 43.5 Å². The van der Waals surface area contributed by atoms with Crippen LogP contribution in [0.4, 0.5) is 5.69 Å². The standard InChI is InChI=1S/C24H26N4O3S.CH4/c1-3-28(4-2)14-15-32(30,31)18-9-7-17(8-10-18)26-16-20-23-19-6-5-13-25-21(19)11-12-22(23)27-24(20)29;/h5-13,16,25H,3-4,14-15H2,1-2H3,(H,27,29);1H4. The van der Waals surface area contributed by atoms with Crippen LogP contribution in [0.15, 0.2) is 69.4 Å². The van der Waals surface area contributed by atoms with Crippen molar-refractivity contribution in [1.29, 1.82) is 0 Å². The fourth-order valence-electron chi connectivity index (χ4n) is 3.81. The van der Waals surface area contributed by atoms with Crippen LogP contribution < -0.4 is 5.56 Å². The lowest BCUT2D eigenvalue weighted by molar-refractivity contribution is 0.321. The second-order valence-electron chi connectivity index (χ2n) is 7.59. The van der Waals surface area contributed by atoms with Crippen molar-refractivity contribution in [2.75, 3.05) is 25.4 Å². The van der Waals surface area contributed by atoms with Gasteiger partial charge >= 0.3 is 0 Å². The van der Waals surface area contributed by atoms with Crippen molar-refractivity contribution < 1.29 is 8.42 Å². The van der Waals surface area contributed by atoms with Crippen molar-refractivity contribution in [1.82, 2.24) is 14.9 Å². The highest BCUT2D eigenvalue weighted by atomic mass is 32.2. The highest BCUT2D eigenvalue weighted by molar-refractivity contribution is 7.91. The summed E-state index contributed by atoms with van der Waals surface area (Å²) < 4.78 is 25.3. The summed E-state index contributed by atoms with van der Waals surface area (Å²) in [5, 5.41) is 1.74. The Morgan fingerprint density at radius 3 is 2.39 bits per heavy atom. The average molecular weight is 467 g/mol. The van der Waals surface area contributed by atoms with Gasteiger partial charge in [-0.05, 0) is 55.6 Å². The van der Waals surface area contributed by atoms with Gasteiger partial charge in [-0.1, -0.05) is 27.3 Å². The lowest BCUT2D eigenvalue weighted by Crippen LogP contribution is -2.29. The summed E-state index contributed by atoms with van der Waals surface area (Å²) in [5.74, 6) is 0.0796. The number of nitrogens with zero attached hydrogens (tertiary/aromatic N) is 2. The minimum Gasteiger partial charge on any atom is -0.361 e. The molecule has 0 bridgehead atoms. The zero-order valence-electron chi connectivity index (χ0n) is 18.1. The molecule has 0 spiro atoms. The van der Waals surface area contributed by atoms with Gasteiger partial charge in [-0.25, -0.2) is 8.42 Å². The Hall–Kier alpha value is -3.23. The Bertz CT molecular complexity index is 1430. The summed E-state index contributed by atoms with van der Waals surface area (Å²) in [6.07, 6.45) is 3.38. The van der Waals surface area contributed by atoms with Gasteiger partial charge in [0.2, 0.25) is 0 Å². The number of benzene rings is 2. The Balaban J connectivity index is 0.00000306. The molecule has 2 heterocycles. The van der Waals surface area contributed by atoms with Crippen LogP contribution in [-0.4, -0.2) is 54.9 Å². The minimum atomic E-state index is -3.36. The first kappa shape index (κ1) is 24.4. The van der Waals surface area contributed by atoms with E-state index < -0.39 is 9.84 Å². The van der Waals surface area contributed by atoms with Gasteiger partial charge in [0, 0.05) is 40.8 Å². The summed E-state index contributed by atoms with van der Waals surface area (Å²) >= 11 is 0. The van der Waals surface area contributed by atoms with Gasteiger partial charge in [-0.15, -0.1) is 0 Å². The van der Waals surface area contributed by atoms with Crippen LogP contribution in [0.5, 0.6) is 0 Å². The molecule has 2 aromatic carbocycles. The lowest BCUT2D eigenvalue weighted by atomic mass is 10.1. The van der Waals surface area contributed by atoms with Crippen molar-refractivity contribution in [3.05, 3.63) is 70.6 Å². The average Bonchev–Trinajstić information content (AvgIpc) is 3.14. The third kappa shape index (κ3) is 5.07. The Labute approximate surface area is 194 Å². The SMILES string of the molecule is C.CCN(CC)CCS(=O)(=O)c1ccc(N=Cc2c(=O)[nH]c3ccc4[nH]cccc4c23)cc1. The van der Waals surface area contributed by atoms with E-state index in [4.69, 9.17) is 0 Å². The summed E-state index contributed by atoms with van der Waals surface area (Å²) in [5.41, 5.74) is 2.51. The van der Waals surface area contributed by atoms with Gasteiger partial charge in [0.25, 0.3) is 5.56 Å². The number of sulfone groups is 1. The van der Waals surface area contributed by atoms with Crippen LogP contribution in [0.2, 0.25) is 0 Å². The maximum Gasteiger partial charge on any atom is 0.257 e. The third-order valence-corrected chi connectivity index (χ3v) is 7.43. The first-order chi connectivity index (χ1) is 15.4. The van der Waals surface area contributed by atoms with Gasteiger partial charge < -0.3 is 14.9 Å². The highest BCUT2D eigenvalue weighted by Crippen LogP contribution is 2.25. The predicted octanol–water partition coefficient (Wildman–Crippen LogP) is 4.51. The van der Waals surface area contributed by atoms with Gasteiger partial charge in [-0.2, -0.15) is 0 Å². The molecule has 2 aromatic heterocycles. The quantitative estimate of drug-likeness (QED) is 0.373. The van der Waals surface area contributed by atoms with E-state index >= 15 is 0 Å². The number of pyridine rings is 1. The Morgan fingerprint density at radius 1 is 1.00 bits per heavy atom. The molecule has 0 amide bonds. The number of nitrogens with one attached hydrogen (secondary N) is 2. The van der Waals surface area contributed by atoms with Crippen molar-refractivity contribution in [3.8, 4) is 0 Å². The number of hydrogen-bond donors (Lipinski definition) is 2. The summed E-state index contributed by atoms with van der Waals surface area (Å²) in [6, 6.07) is 14.1. The molecule has 0 fully saturated rings. The summed E-state index contributed by atoms with van der Waals surface area (Å²) in [6.45, 7) is 6.19. The van der Waals surface area contributed by atoms with Crippen LogP contribution in [0, 0.1) is 0 Å². The maximum atomic E-state index is 12.6. The molecule has 174 valence electrons. The number of rotatable bonds is 8. The van der Waals surface area contributed by atoms with Crippen LogP contribution >= 0.6 is 0 Å². The molecule has 0 unspecified atom stereocenters. The molecular weight excluding hydrogens is 436 g/mol. The number of H-pyrrole nitrogens is 2. The molecule has 0 aliphatic rings. The molecular formula is C25H30N4O3S. The number of aliphatic imine (C=N–C) groups is 1. The smallest absolute Gasteiger partial charge is 0.257 e. The molecule has 33 heavy (non-hydrogen) atoms. The Kier molecular flexibility index (Phi) is 7.50. The van der Waals surface area contributed by atoms with Crippen molar-refractivity contribution in [2.24, 2.45) is 4.99 Å². The van der Waals surface area contributed by atoms with Crippen LogP contribution in [-0.2, 0) is 9.84 Å². The molecule has 0 saturated heterocycles. The molecule has 0 radical (unpaired) electrons. The first-order valence-electron chi connectivity index (χ1n) is 10.6. The fourth-order valence-corrected chi connectivity index (χ4v) is 5.09. The van der Waals surface area contributed by atoms with E-state index in [1.165, 1.54) is 6.21 Å². The van der Waals surface area contributed by atoms with Gasteiger partial charge in [0.05, 0.1) is 21.9 Å². The number of hydrogen-bond acceptors (Lipinski definition) is 5. The Morgan fingerprint density at radius 2 is 1.70 bits per heavy atom. The minimum absolute atomic E-state index is 0. The van der Waals surface area contributed by atoms with Crippen molar-refractivity contribution in [2.45, 2.75) is 26.2 Å². The number of fused-ring (bicyclic) bond motifs is 3. The van der Waals surface area contributed by atoms with E-state index in [9.17, 15) is 13.2 Å². The molecule has 8 heteroatoms. The first-order valence-corrected chi connectivity index (χ1v) is 12.3. The molecule has 4 aromatic rings. The summed E-state index contributed by atoms with van der Waals surface area (Å²) in [4.78, 5) is 25.4. The van der Waals surface area contributed by atoms with Gasteiger partial charge in [0.1, 0.15) is 0 Å². The maximum absolute atomic E-state index is 12.6. The fraction of sp³-hybridized carbons (Fsp3) is 0.280. The normalized spacial score (nSPS) is 12.1. The van der Waals surface area contributed by atoms with E-state index in [1.54, 1.807) is 24.3 Å². The van der Waals surface area contributed by atoms with Crippen LogP contribution in [0.3, 0.4) is 0 Å². The second kappa shape index (κ2) is 10.1. The van der Waals surface area contributed by atoms with E-state index in [-0.39, 0.29) is 23.6 Å². The van der Waals surface area contributed by atoms with E-state index in [2.05, 4.69) is 19.9 Å². The lowest BCUT2D eigenvalue weighted by Gasteiger charge is -2.17. The monoisotopic (exact) mass is 466 g/mol. The largest absolute Gasteiger partial charge is 0.361 e. The molecule has 0 aliphatic heterocycles. The molecule has 2 N–H and O–H groups in total. The van der Waals surface area contributed by atoms with E-state index in [0.29, 0.717) is 17.8 Å². The topological polar surface area (TPSA) is 98.4 Å². The molecule has 4 rings (SSSR count). The zero-order valence-corrected chi connectivity index (χ0v) is 18.9. The molecule has 0 saturated carbocycles. The third-order valence-electron chi connectivity index (χ3n) is 5.71. The zero-order chi connectivity index (χ0) is 22.7. The molecule has 0 aliphatic carbocycles. The predicted molar refractivity (Wildman–Crippen MR) is 137 cm³/mol. The van der Waals surface area contributed by atoms with Gasteiger partial charge in [0.15, 0.2) is 9.84 Å². The summed E-state index contributed by atoms with van der Waals surface area (Å²) in [7, 11) is -3.36. The van der Waals surface area contributed by atoms with Crippen molar-refractivity contribution in [3.63, 3.8) is 0 Å².